The highest BCUT2D eigenvalue weighted by atomic mass is 35.5. The van der Waals surface area contributed by atoms with E-state index in [4.69, 9.17) is 10.5 Å². The number of halogens is 1. The molecule has 8 heteroatoms. The number of benzene rings is 1. The molecule has 0 bridgehead atoms. The first-order chi connectivity index (χ1) is 16.0. The van der Waals surface area contributed by atoms with E-state index >= 15 is 0 Å². The summed E-state index contributed by atoms with van der Waals surface area (Å²) in [6, 6.07) is 6.71. The fraction of sp³-hybridized carbons (Fsp3) is 0.500. The molecule has 2 fully saturated rings. The zero-order valence-electron chi connectivity index (χ0n) is 19.9. The number of nitrogens with zero attached hydrogens (tertiary/aromatic N) is 2. The van der Waals surface area contributed by atoms with Crippen LogP contribution in [0, 0.1) is 12.8 Å². The number of aromatic amines is 1. The number of H-pyrrole nitrogens is 1. The third-order valence-electron chi connectivity index (χ3n) is 6.98. The van der Waals surface area contributed by atoms with Crippen LogP contribution in [0.5, 0.6) is 5.75 Å². The molecule has 0 unspecified atom stereocenters. The van der Waals surface area contributed by atoms with E-state index in [1.165, 1.54) is 18.4 Å². The lowest BCUT2D eigenvalue weighted by Crippen LogP contribution is -2.40. The molecule has 4 N–H and O–H groups in total. The van der Waals surface area contributed by atoms with Gasteiger partial charge in [-0.2, -0.15) is 0 Å². The molecule has 182 valence electrons. The molecule has 2 heterocycles. The summed E-state index contributed by atoms with van der Waals surface area (Å²) in [6.07, 6.45) is 8.67. The summed E-state index contributed by atoms with van der Waals surface area (Å²) in [5.74, 6) is 1.40. The van der Waals surface area contributed by atoms with Crippen molar-refractivity contribution in [2.24, 2.45) is 11.7 Å². The molecule has 7 nitrogen and oxygen atoms in total. The molecule has 0 saturated heterocycles. The smallest absolute Gasteiger partial charge is 0.255 e. The molecule has 1 amide bonds. The molecule has 1 aromatic carbocycles. The molecule has 2 saturated carbocycles. The maximum absolute atomic E-state index is 13.2. The van der Waals surface area contributed by atoms with E-state index in [0.29, 0.717) is 17.0 Å². The van der Waals surface area contributed by atoms with Crippen LogP contribution in [0.4, 0.5) is 0 Å². The second kappa shape index (κ2) is 10.3. The number of carbonyl (C=O) groups is 1. The van der Waals surface area contributed by atoms with E-state index in [9.17, 15) is 4.79 Å². The zero-order chi connectivity index (χ0) is 22.9. The van der Waals surface area contributed by atoms with Gasteiger partial charge >= 0.3 is 0 Å². The average molecular weight is 484 g/mol. The lowest BCUT2D eigenvalue weighted by Gasteiger charge is -2.26. The zero-order valence-corrected chi connectivity index (χ0v) is 20.7. The van der Waals surface area contributed by atoms with Crippen molar-refractivity contribution in [3.05, 3.63) is 41.3 Å². The SMILES string of the molecule is CCc1ccc(OCC2CC2)c(-c2ncnc3c(C(=O)NC4CCC(N)CC4)c(C)[nH]c23)c1.Cl. The van der Waals surface area contributed by atoms with Crippen LogP contribution in [0.3, 0.4) is 0 Å². The summed E-state index contributed by atoms with van der Waals surface area (Å²) < 4.78 is 6.19. The first-order valence-corrected chi connectivity index (χ1v) is 12.2. The summed E-state index contributed by atoms with van der Waals surface area (Å²) in [5, 5.41) is 3.20. The number of nitrogens with two attached hydrogens (primary N) is 1. The molecule has 2 aliphatic rings. The molecular weight excluding hydrogens is 450 g/mol. The van der Waals surface area contributed by atoms with E-state index in [2.05, 4.69) is 39.3 Å². The van der Waals surface area contributed by atoms with Crippen molar-refractivity contribution in [2.75, 3.05) is 6.61 Å². The quantitative estimate of drug-likeness (QED) is 0.451. The van der Waals surface area contributed by atoms with Gasteiger partial charge in [0.05, 0.1) is 17.7 Å². The summed E-state index contributed by atoms with van der Waals surface area (Å²) in [6.45, 7) is 4.79. The number of aryl methyl sites for hydroxylation is 2. The molecule has 0 spiro atoms. The number of aromatic nitrogens is 3. The van der Waals surface area contributed by atoms with E-state index in [0.717, 1.165) is 66.9 Å². The van der Waals surface area contributed by atoms with Crippen LogP contribution < -0.4 is 15.8 Å². The van der Waals surface area contributed by atoms with Gasteiger partial charge in [-0.25, -0.2) is 9.97 Å². The Morgan fingerprint density at radius 2 is 1.94 bits per heavy atom. The fourth-order valence-electron chi connectivity index (χ4n) is 4.72. The molecule has 34 heavy (non-hydrogen) atoms. The summed E-state index contributed by atoms with van der Waals surface area (Å²) in [5.41, 5.74) is 11.8. The molecule has 0 radical (unpaired) electrons. The molecule has 0 atom stereocenters. The standard InChI is InChI=1S/C26H33N5O2.ClH/c1-3-16-6-11-21(33-13-17-4-5-17)20(12-16)23-25-24(29-14-28-23)22(15(2)30-25)26(32)31-19-9-7-18(27)8-10-19;/h6,11-12,14,17-19,30H,3-5,7-10,13,27H2,1-2H3,(H,31,32);1H. The van der Waals surface area contributed by atoms with Crippen LogP contribution in [-0.4, -0.2) is 39.5 Å². The van der Waals surface area contributed by atoms with Gasteiger partial charge in [0.1, 0.15) is 23.3 Å². The van der Waals surface area contributed by atoms with Gasteiger partial charge < -0.3 is 20.8 Å². The van der Waals surface area contributed by atoms with E-state index in [1.54, 1.807) is 6.33 Å². The lowest BCUT2D eigenvalue weighted by molar-refractivity contribution is 0.0927. The van der Waals surface area contributed by atoms with Crippen molar-refractivity contribution in [1.82, 2.24) is 20.3 Å². The Labute approximate surface area is 206 Å². The van der Waals surface area contributed by atoms with E-state index in [-0.39, 0.29) is 30.4 Å². The van der Waals surface area contributed by atoms with Crippen molar-refractivity contribution in [3.8, 4) is 17.0 Å². The van der Waals surface area contributed by atoms with Gasteiger partial charge in [0.15, 0.2) is 0 Å². The Bertz CT molecular complexity index is 1170. The highest BCUT2D eigenvalue weighted by Crippen LogP contribution is 2.37. The molecule has 5 rings (SSSR count). The third-order valence-corrected chi connectivity index (χ3v) is 6.98. The number of amides is 1. The summed E-state index contributed by atoms with van der Waals surface area (Å²) in [4.78, 5) is 25.8. The molecular formula is C26H34ClN5O2. The minimum atomic E-state index is -0.0867. The third kappa shape index (κ3) is 5.05. The van der Waals surface area contributed by atoms with Crippen molar-refractivity contribution in [1.29, 1.82) is 0 Å². The lowest BCUT2D eigenvalue weighted by atomic mass is 9.91. The van der Waals surface area contributed by atoms with Crippen molar-refractivity contribution in [2.45, 2.75) is 70.9 Å². The number of nitrogens with one attached hydrogen (secondary N) is 2. The molecule has 0 aliphatic heterocycles. The topological polar surface area (TPSA) is 106 Å². The number of ether oxygens (including phenoxy) is 1. The Hall–Kier alpha value is -2.64. The van der Waals surface area contributed by atoms with Crippen LogP contribution in [0.25, 0.3) is 22.3 Å². The van der Waals surface area contributed by atoms with Crippen molar-refractivity contribution in [3.63, 3.8) is 0 Å². The maximum atomic E-state index is 13.2. The monoisotopic (exact) mass is 483 g/mol. The van der Waals surface area contributed by atoms with Crippen LogP contribution >= 0.6 is 12.4 Å². The number of hydrogen-bond donors (Lipinski definition) is 3. The molecule has 3 aromatic rings. The minimum Gasteiger partial charge on any atom is -0.493 e. The van der Waals surface area contributed by atoms with Crippen molar-refractivity contribution < 1.29 is 9.53 Å². The predicted octanol–water partition coefficient (Wildman–Crippen LogP) is 4.71. The van der Waals surface area contributed by atoms with Crippen LogP contribution in [0.1, 0.15) is 67.1 Å². The van der Waals surface area contributed by atoms with Crippen LogP contribution in [0.15, 0.2) is 24.5 Å². The van der Waals surface area contributed by atoms with Gasteiger partial charge in [-0.05, 0) is 75.5 Å². The van der Waals surface area contributed by atoms with Gasteiger partial charge in [0.2, 0.25) is 0 Å². The number of carbonyl (C=O) groups excluding carboxylic acids is 1. The Morgan fingerprint density at radius 1 is 1.18 bits per heavy atom. The Kier molecular flexibility index (Phi) is 7.43. The van der Waals surface area contributed by atoms with Crippen LogP contribution in [-0.2, 0) is 6.42 Å². The predicted molar refractivity (Wildman–Crippen MR) is 137 cm³/mol. The number of hydrogen-bond acceptors (Lipinski definition) is 5. The second-order valence-corrected chi connectivity index (χ2v) is 9.59. The largest absolute Gasteiger partial charge is 0.493 e. The average Bonchev–Trinajstić information content (AvgIpc) is 3.58. The van der Waals surface area contributed by atoms with E-state index < -0.39 is 0 Å². The fourth-order valence-corrected chi connectivity index (χ4v) is 4.72. The highest BCUT2D eigenvalue weighted by Gasteiger charge is 2.26. The molecule has 2 aromatic heterocycles. The Morgan fingerprint density at radius 3 is 2.65 bits per heavy atom. The molecule has 2 aliphatic carbocycles. The van der Waals surface area contributed by atoms with Gasteiger partial charge in [0, 0.05) is 23.3 Å². The summed E-state index contributed by atoms with van der Waals surface area (Å²) >= 11 is 0. The highest BCUT2D eigenvalue weighted by molar-refractivity contribution is 6.09. The second-order valence-electron chi connectivity index (χ2n) is 9.59. The van der Waals surface area contributed by atoms with E-state index in [1.807, 2.05) is 13.0 Å². The first-order valence-electron chi connectivity index (χ1n) is 12.2. The summed E-state index contributed by atoms with van der Waals surface area (Å²) in [7, 11) is 0. The number of rotatable bonds is 7. The van der Waals surface area contributed by atoms with Gasteiger partial charge in [-0.1, -0.05) is 13.0 Å². The van der Waals surface area contributed by atoms with Crippen LogP contribution in [0.2, 0.25) is 0 Å². The van der Waals surface area contributed by atoms with Crippen molar-refractivity contribution >= 4 is 29.3 Å². The van der Waals surface area contributed by atoms with Gasteiger partial charge in [-0.3, -0.25) is 4.79 Å². The van der Waals surface area contributed by atoms with Gasteiger partial charge in [-0.15, -0.1) is 12.4 Å². The van der Waals surface area contributed by atoms with Gasteiger partial charge in [0.25, 0.3) is 5.91 Å². The Balaban J connectivity index is 0.00000274. The first kappa shape index (κ1) is 24.5. The number of fused-ring (bicyclic) bond motifs is 1. The normalized spacial score (nSPS) is 20.1. The minimum absolute atomic E-state index is 0. The maximum Gasteiger partial charge on any atom is 0.255 e.